The summed E-state index contributed by atoms with van der Waals surface area (Å²) in [6, 6.07) is 15.8. The molecule has 0 radical (unpaired) electrons. The topological polar surface area (TPSA) is 87.7 Å². The van der Waals surface area contributed by atoms with Crippen LogP contribution in [0.4, 0.5) is 16.2 Å². The van der Waals surface area contributed by atoms with E-state index in [0.717, 1.165) is 18.5 Å². The number of anilines is 2. The zero-order chi connectivity index (χ0) is 21.3. The first-order valence-electron chi connectivity index (χ1n) is 10.3. The molecule has 1 aliphatic carbocycles. The molecule has 0 saturated heterocycles. The van der Waals surface area contributed by atoms with Crippen molar-refractivity contribution < 1.29 is 19.1 Å². The Morgan fingerprint density at radius 3 is 2.37 bits per heavy atom. The van der Waals surface area contributed by atoms with Crippen molar-refractivity contribution in [2.45, 2.75) is 26.2 Å². The van der Waals surface area contributed by atoms with Crippen molar-refractivity contribution in [1.82, 2.24) is 5.32 Å². The van der Waals surface area contributed by atoms with E-state index >= 15 is 0 Å². The van der Waals surface area contributed by atoms with Gasteiger partial charge in [-0.05, 0) is 62.6 Å². The lowest BCUT2D eigenvalue weighted by Crippen LogP contribution is -2.36. The Hall–Kier alpha value is -3.35. The quantitative estimate of drug-likeness (QED) is 0.487. The van der Waals surface area contributed by atoms with Gasteiger partial charge in [0.2, 0.25) is 5.91 Å². The molecule has 0 atom stereocenters. The van der Waals surface area contributed by atoms with Crippen LogP contribution in [-0.2, 0) is 9.53 Å². The van der Waals surface area contributed by atoms with Crippen LogP contribution in [0, 0.1) is 5.92 Å². The number of hydrogen-bond acceptors (Lipinski definition) is 4. The molecule has 2 N–H and O–H groups in total. The van der Waals surface area contributed by atoms with Crippen molar-refractivity contribution in [3.63, 3.8) is 0 Å². The van der Waals surface area contributed by atoms with E-state index in [-0.39, 0.29) is 17.9 Å². The first-order chi connectivity index (χ1) is 14.6. The Bertz CT molecular complexity index is 864. The fourth-order valence-electron chi connectivity index (χ4n) is 3.04. The minimum atomic E-state index is -0.391. The van der Waals surface area contributed by atoms with Gasteiger partial charge in [-0.1, -0.05) is 18.2 Å². The highest BCUT2D eigenvalue weighted by molar-refractivity contribution is 5.96. The van der Waals surface area contributed by atoms with Crippen LogP contribution in [0.5, 0.6) is 0 Å². The molecule has 7 heteroatoms. The highest BCUT2D eigenvalue weighted by atomic mass is 16.5. The molecule has 158 valence electrons. The molecule has 1 fully saturated rings. The second-order valence-electron chi connectivity index (χ2n) is 7.13. The monoisotopic (exact) mass is 409 g/mol. The third kappa shape index (κ3) is 6.07. The van der Waals surface area contributed by atoms with Gasteiger partial charge in [0.15, 0.2) is 0 Å². The van der Waals surface area contributed by atoms with Gasteiger partial charge >= 0.3 is 12.0 Å². The highest BCUT2D eigenvalue weighted by Gasteiger charge is 2.33. The summed E-state index contributed by atoms with van der Waals surface area (Å²) in [7, 11) is 0. The fourth-order valence-corrected chi connectivity index (χ4v) is 3.04. The van der Waals surface area contributed by atoms with Gasteiger partial charge in [0.1, 0.15) is 0 Å². The summed E-state index contributed by atoms with van der Waals surface area (Å²) in [4.78, 5) is 38.2. The van der Waals surface area contributed by atoms with E-state index < -0.39 is 5.97 Å². The molecule has 0 unspecified atom stereocenters. The first-order valence-corrected chi connectivity index (χ1v) is 10.3. The summed E-state index contributed by atoms with van der Waals surface area (Å²) in [6.45, 7) is 3.05. The number of esters is 1. The summed E-state index contributed by atoms with van der Waals surface area (Å²) in [5.74, 6) is -0.0939. The van der Waals surface area contributed by atoms with E-state index in [1.807, 2.05) is 35.2 Å². The molecule has 0 aliphatic heterocycles. The van der Waals surface area contributed by atoms with Gasteiger partial charge in [-0.3, -0.25) is 4.79 Å². The van der Waals surface area contributed by atoms with Crippen LogP contribution < -0.4 is 15.5 Å². The summed E-state index contributed by atoms with van der Waals surface area (Å²) in [5.41, 5.74) is 1.90. The molecule has 30 heavy (non-hydrogen) atoms. The van der Waals surface area contributed by atoms with Crippen molar-refractivity contribution in [2.75, 3.05) is 29.9 Å². The lowest BCUT2D eigenvalue weighted by Gasteiger charge is -2.23. The van der Waals surface area contributed by atoms with Gasteiger partial charge in [0.05, 0.1) is 12.2 Å². The highest BCUT2D eigenvalue weighted by Crippen LogP contribution is 2.32. The summed E-state index contributed by atoms with van der Waals surface area (Å²) in [5, 5.41) is 5.53. The number of urea groups is 1. The standard InChI is InChI=1S/C23H27N3O4/c1-2-30-22(28)18-11-13-19(14-12-18)25-23(29)24-15-6-16-26(21(27)17-9-10-17)20-7-4-3-5-8-20/h3-5,7-8,11-14,17H,2,6,9-10,15-16H2,1H3,(H2,24,25,29). The number of nitrogens with zero attached hydrogens (tertiary/aromatic N) is 1. The first kappa shape index (κ1) is 21.4. The second-order valence-corrected chi connectivity index (χ2v) is 7.13. The maximum atomic E-state index is 12.6. The molecule has 0 bridgehead atoms. The van der Waals surface area contributed by atoms with E-state index in [0.29, 0.717) is 37.4 Å². The van der Waals surface area contributed by atoms with Gasteiger partial charge in [-0.25, -0.2) is 9.59 Å². The normalized spacial score (nSPS) is 12.7. The van der Waals surface area contributed by atoms with Crippen LogP contribution in [0.25, 0.3) is 0 Å². The molecule has 3 rings (SSSR count). The number of carbonyl (C=O) groups is 3. The molecule has 2 aromatic carbocycles. The van der Waals surface area contributed by atoms with Crippen LogP contribution in [-0.4, -0.2) is 37.6 Å². The Morgan fingerprint density at radius 1 is 1.03 bits per heavy atom. The van der Waals surface area contributed by atoms with E-state index in [4.69, 9.17) is 4.74 Å². The number of hydrogen-bond donors (Lipinski definition) is 2. The van der Waals surface area contributed by atoms with E-state index in [9.17, 15) is 14.4 Å². The van der Waals surface area contributed by atoms with Gasteiger partial charge in [0.25, 0.3) is 0 Å². The van der Waals surface area contributed by atoms with Crippen LogP contribution in [0.2, 0.25) is 0 Å². The smallest absolute Gasteiger partial charge is 0.338 e. The number of carbonyl (C=O) groups excluding carboxylic acids is 3. The third-order valence-corrected chi connectivity index (χ3v) is 4.76. The van der Waals surface area contributed by atoms with Crippen LogP contribution >= 0.6 is 0 Å². The molecule has 0 spiro atoms. The van der Waals surface area contributed by atoms with Gasteiger partial charge < -0.3 is 20.3 Å². The van der Waals surface area contributed by atoms with E-state index in [1.165, 1.54) is 0 Å². The molecule has 7 nitrogen and oxygen atoms in total. The zero-order valence-electron chi connectivity index (χ0n) is 17.1. The lowest BCUT2D eigenvalue weighted by atomic mass is 10.2. The molecular weight excluding hydrogens is 382 g/mol. The number of amides is 3. The molecule has 3 amide bonds. The number of ether oxygens (including phenoxy) is 1. The SMILES string of the molecule is CCOC(=O)c1ccc(NC(=O)NCCCN(C(=O)C2CC2)c2ccccc2)cc1. The summed E-state index contributed by atoms with van der Waals surface area (Å²) >= 11 is 0. The van der Waals surface area contributed by atoms with Crippen molar-refractivity contribution in [3.05, 3.63) is 60.2 Å². The number of para-hydroxylation sites is 1. The van der Waals surface area contributed by atoms with Crippen LogP contribution in [0.3, 0.4) is 0 Å². The van der Waals surface area contributed by atoms with Crippen molar-refractivity contribution in [2.24, 2.45) is 5.92 Å². The predicted octanol–water partition coefficient (Wildman–Crippen LogP) is 3.82. The van der Waals surface area contributed by atoms with Gasteiger partial charge in [-0.2, -0.15) is 0 Å². The second kappa shape index (κ2) is 10.4. The largest absolute Gasteiger partial charge is 0.462 e. The van der Waals surface area contributed by atoms with Gasteiger partial charge in [0, 0.05) is 30.4 Å². The molecule has 1 aliphatic rings. The fraction of sp³-hybridized carbons (Fsp3) is 0.348. The molecule has 0 heterocycles. The predicted molar refractivity (Wildman–Crippen MR) is 116 cm³/mol. The van der Waals surface area contributed by atoms with Crippen LogP contribution in [0.1, 0.15) is 36.5 Å². The maximum Gasteiger partial charge on any atom is 0.338 e. The Morgan fingerprint density at radius 2 is 1.73 bits per heavy atom. The maximum absolute atomic E-state index is 12.6. The Labute approximate surface area is 176 Å². The minimum absolute atomic E-state index is 0.138. The summed E-state index contributed by atoms with van der Waals surface area (Å²) in [6.07, 6.45) is 2.55. The summed E-state index contributed by atoms with van der Waals surface area (Å²) < 4.78 is 4.93. The van der Waals surface area contributed by atoms with Crippen molar-refractivity contribution in [1.29, 1.82) is 0 Å². The Balaban J connectivity index is 1.44. The zero-order valence-corrected chi connectivity index (χ0v) is 17.1. The Kier molecular flexibility index (Phi) is 7.43. The van der Waals surface area contributed by atoms with E-state index in [1.54, 1.807) is 31.2 Å². The van der Waals surface area contributed by atoms with Crippen LogP contribution in [0.15, 0.2) is 54.6 Å². The molecule has 0 aromatic heterocycles. The lowest BCUT2D eigenvalue weighted by molar-refractivity contribution is -0.119. The average molecular weight is 409 g/mol. The van der Waals surface area contributed by atoms with E-state index in [2.05, 4.69) is 10.6 Å². The van der Waals surface area contributed by atoms with Gasteiger partial charge in [-0.15, -0.1) is 0 Å². The average Bonchev–Trinajstić information content (AvgIpc) is 3.60. The number of rotatable bonds is 9. The van der Waals surface area contributed by atoms with Crippen molar-refractivity contribution >= 4 is 29.3 Å². The molecular formula is C23H27N3O4. The molecule has 2 aromatic rings. The number of benzene rings is 2. The number of nitrogens with one attached hydrogen (secondary N) is 2. The molecule has 1 saturated carbocycles. The van der Waals surface area contributed by atoms with Crippen molar-refractivity contribution in [3.8, 4) is 0 Å². The minimum Gasteiger partial charge on any atom is -0.462 e. The third-order valence-electron chi connectivity index (χ3n) is 4.76.